The Hall–Kier alpha value is -2.37. The van der Waals surface area contributed by atoms with Gasteiger partial charge in [-0.15, -0.1) is 0 Å². The van der Waals surface area contributed by atoms with Crippen LogP contribution in [0.4, 0.5) is 5.69 Å². The van der Waals surface area contributed by atoms with Crippen LogP contribution in [0.2, 0.25) is 0 Å². The molecule has 1 saturated heterocycles. The topological polar surface area (TPSA) is 59.6 Å². The lowest BCUT2D eigenvalue weighted by Gasteiger charge is -2.21. The molecule has 0 bridgehead atoms. The van der Waals surface area contributed by atoms with Crippen molar-refractivity contribution in [1.29, 1.82) is 0 Å². The highest BCUT2D eigenvalue weighted by atomic mass is 16.5. The summed E-state index contributed by atoms with van der Waals surface area (Å²) in [6, 6.07) is 16.7. The van der Waals surface area contributed by atoms with Crippen LogP contribution >= 0.6 is 0 Å². The van der Waals surface area contributed by atoms with Crippen LogP contribution in [0.3, 0.4) is 0 Å². The smallest absolute Gasteiger partial charge is 0.246 e. The van der Waals surface area contributed by atoms with Crippen LogP contribution < -0.4 is 15.4 Å². The number of anilines is 1. The standard InChI is InChI=1S/C20H24N2O3/c1-24-17-10-5-9-16(13-17)22-20(23)19(15-7-3-2-4-8-15)21-14-18-11-6-12-25-18/h2-5,7-10,13,18-19,21H,6,11-12,14H2,1H3,(H,22,23). The summed E-state index contributed by atoms with van der Waals surface area (Å²) in [7, 11) is 1.61. The molecule has 1 amide bonds. The number of nitrogens with one attached hydrogen (secondary N) is 2. The second-order valence-electron chi connectivity index (χ2n) is 6.11. The third kappa shape index (κ3) is 4.81. The summed E-state index contributed by atoms with van der Waals surface area (Å²) in [4.78, 5) is 12.9. The van der Waals surface area contributed by atoms with Gasteiger partial charge in [-0.3, -0.25) is 10.1 Å². The van der Waals surface area contributed by atoms with E-state index in [0.29, 0.717) is 18.0 Å². The van der Waals surface area contributed by atoms with Gasteiger partial charge in [-0.25, -0.2) is 0 Å². The van der Waals surface area contributed by atoms with E-state index in [4.69, 9.17) is 9.47 Å². The average Bonchev–Trinajstić information content (AvgIpc) is 3.16. The number of hydrogen-bond donors (Lipinski definition) is 2. The molecule has 25 heavy (non-hydrogen) atoms. The number of benzene rings is 2. The van der Waals surface area contributed by atoms with E-state index in [2.05, 4.69) is 10.6 Å². The van der Waals surface area contributed by atoms with Crippen molar-refractivity contribution in [1.82, 2.24) is 5.32 Å². The fourth-order valence-corrected chi connectivity index (χ4v) is 2.98. The van der Waals surface area contributed by atoms with Crippen LogP contribution in [0.5, 0.6) is 5.75 Å². The Balaban J connectivity index is 1.71. The molecule has 0 radical (unpaired) electrons. The second-order valence-corrected chi connectivity index (χ2v) is 6.11. The van der Waals surface area contributed by atoms with E-state index in [9.17, 15) is 4.79 Å². The molecule has 2 atom stereocenters. The molecule has 1 aliphatic rings. The molecule has 0 aliphatic carbocycles. The first-order valence-electron chi connectivity index (χ1n) is 8.61. The molecule has 132 valence electrons. The summed E-state index contributed by atoms with van der Waals surface area (Å²) in [5.41, 5.74) is 1.64. The monoisotopic (exact) mass is 340 g/mol. The molecular weight excluding hydrogens is 316 g/mol. The highest BCUT2D eigenvalue weighted by Crippen LogP contribution is 2.20. The van der Waals surface area contributed by atoms with Crippen LogP contribution in [-0.4, -0.2) is 32.3 Å². The minimum atomic E-state index is -0.434. The number of methoxy groups -OCH3 is 1. The fraction of sp³-hybridized carbons (Fsp3) is 0.350. The summed E-state index contributed by atoms with van der Waals surface area (Å²) in [6.07, 6.45) is 2.29. The van der Waals surface area contributed by atoms with Crippen LogP contribution in [0.25, 0.3) is 0 Å². The Kier molecular flexibility index (Phi) is 6.04. The molecule has 2 N–H and O–H groups in total. The average molecular weight is 340 g/mol. The molecule has 2 aromatic rings. The van der Waals surface area contributed by atoms with Crippen molar-refractivity contribution in [2.45, 2.75) is 25.0 Å². The van der Waals surface area contributed by atoms with Crippen molar-refractivity contribution in [3.05, 3.63) is 60.2 Å². The third-order valence-corrected chi connectivity index (χ3v) is 4.31. The van der Waals surface area contributed by atoms with Gasteiger partial charge in [0.2, 0.25) is 5.91 Å². The Morgan fingerprint density at radius 2 is 2.08 bits per heavy atom. The largest absolute Gasteiger partial charge is 0.497 e. The maximum atomic E-state index is 12.9. The molecule has 0 saturated carbocycles. The number of carbonyl (C=O) groups is 1. The molecule has 1 aliphatic heterocycles. The van der Waals surface area contributed by atoms with Gasteiger partial charge in [0.25, 0.3) is 0 Å². The predicted octanol–water partition coefficient (Wildman–Crippen LogP) is 3.14. The molecule has 5 heteroatoms. The van der Waals surface area contributed by atoms with Crippen molar-refractivity contribution in [2.24, 2.45) is 0 Å². The van der Waals surface area contributed by atoms with Crippen LogP contribution in [0.1, 0.15) is 24.4 Å². The molecule has 2 aromatic carbocycles. The Morgan fingerprint density at radius 1 is 1.24 bits per heavy atom. The van der Waals surface area contributed by atoms with Crippen molar-refractivity contribution < 1.29 is 14.3 Å². The summed E-state index contributed by atoms with van der Waals surface area (Å²) in [5, 5.41) is 6.33. The summed E-state index contributed by atoms with van der Waals surface area (Å²) in [6.45, 7) is 1.46. The van der Waals surface area contributed by atoms with Gasteiger partial charge in [-0.05, 0) is 30.5 Å². The maximum absolute atomic E-state index is 12.9. The zero-order chi connectivity index (χ0) is 17.5. The van der Waals surface area contributed by atoms with Crippen molar-refractivity contribution >= 4 is 11.6 Å². The highest BCUT2D eigenvalue weighted by molar-refractivity contribution is 5.95. The van der Waals surface area contributed by atoms with Crippen molar-refractivity contribution in [3.63, 3.8) is 0 Å². The van der Waals surface area contributed by atoms with Gasteiger partial charge >= 0.3 is 0 Å². The number of carbonyl (C=O) groups excluding carboxylic acids is 1. The second kappa shape index (κ2) is 8.65. The first-order chi connectivity index (χ1) is 12.3. The van der Waals surface area contributed by atoms with E-state index in [1.807, 2.05) is 48.5 Å². The minimum absolute atomic E-state index is 0.0996. The lowest BCUT2D eigenvalue weighted by atomic mass is 10.1. The number of ether oxygens (including phenoxy) is 2. The van der Waals surface area contributed by atoms with Gasteiger partial charge in [0.15, 0.2) is 0 Å². The maximum Gasteiger partial charge on any atom is 0.246 e. The quantitative estimate of drug-likeness (QED) is 0.813. The molecule has 2 unspecified atom stereocenters. The lowest BCUT2D eigenvalue weighted by molar-refractivity contribution is -0.118. The number of amides is 1. The van der Waals surface area contributed by atoms with E-state index < -0.39 is 6.04 Å². The van der Waals surface area contributed by atoms with E-state index in [0.717, 1.165) is 25.0 Å². The molecule has 1 heterocycles. The van der Waals surface area contributed by atoms with E-state index in [-0.39, 0.29) is 12.0 Å². The zero-order valence-electron chi connectivity index (χ0n) is 14.4. The Labute approximate surface area is 148 Å². The Morgan fingerprint density at radius 3 is 2.80 bits per heavy atom. The third-order valence-electron chi connectivity index (χ3n) is 4.31. The predicted molar refractivity (Wildman–Crippen MR) is 97.8 cm³/mol. The van der Waals surface area contributed by atoms with Gasteiger partial charge in [-0.2, -0.15) is 0 Å². The van der Waals surface area contributed by atoms with Crippen LogP contribution in [0, 0.1) is 0 Å². The lowest BCUT2D eigenvalue weighted by Crippen LogP contribution is -2.37. The van der Waals surface area contributed by atoms with Gasteiger partial charge in [0, 0.05) is 24.9 Å². The number of rotatable bonds is 7. The molecule has 3 rings (SSSR count). The molecular formula is C20H24N2O3. The summed E-state index contributed by atoms with van der Waals surface area (Å²) >= 11 is 0. The van der Waals surface area contributed by atoms with Gasteiger partial charge in [-0.1, -0.05) is 36.4 Å². The number of hydrogen-bond acceptors (Lipinski definition) is 4. The van der Waals surface area contributed by atoms with Crippen molar-refractivity contribution in [2.75, 3.05) is 25.6 Å². The highest BCUT2D eigenvalue weighted by Gasteiger charge is 2.23. The van der Waals surface area contributed by atoms with E-state index in [1.165, 1.54) is 0 Å². The minimum Gasteiger partial charge on any atom is -0.497 e. The first-order valence-corrected chi connectivity index (χ1v) is 8.61. The fourth-order valence-electron chi connectivity index (χ4n) is 2.98. The van der Waals surface area contributed by atoms with E-state index in [1.54, 1.807) is 13.2 Å². The zero-order valence-corrected chi connectivity index (χ0v) is 14.4. The summed E-state index contributed by atoms with van der Waals surface area (Å²) < 4.78 is 10.9. The molecule has 1 fully saturated rings. The van der Waals surface area contributed by atoms with Crippen LogP contribution in [0.15, 0.2) is 54.6 Å². The molecule has 0 aromatic heterocycles. The van der Waals surface area contributed by atoms with E-state index >= 15 is 0 Å². The first kappa shape index (κ1) is 17.5. The molecule has 5 nitrogen and oxygen atoms in total. The molecule has 0 spiro atoms. The normalized spacial score (nSPS) is 17.9. The summed E-state index contributed by atoms with van der Waals surface area (Å²) in [5.74, 6) is 0.610. The Bertz CT molecular complexity index is 684. The van der Waals surface area contributed by atoms with Gasteiger partial charge in [0.05, 0.1) is 13.2 Å². The van der Waals surface area contributed by atoms with Gasteiger partial charge in [0.1, 0.15) is 11.8 Å². The van der Waals surface area contributed by atoms with Crippen molar-refractivity contribution in [3.8, 4) is 5.75 Å². The SMILES string of the molecule is COc1cccc(NC(=O)C(NCC2CCCO2)c2ccccc2)c1. The van der Waals surface area contributed by atoms with Crippen LogP contribution in [-0.2, 0) is 9.53 Å². The van der Waals surface area contributed by atoms with Gasteiger partial charge < -0.3 is 14.8 Å².